The van der Waals surface area contributed by atoms with Crippen LogP contribution in [0.2, 0.25) is 0 Å². The van der Waals surface area contributed by atoms with Gasteiger partial charge in [-0.25, -0.2) is 0 Å². The first kappa shape index (κ1) is 9.27. The summed E-state index contributed by atoms with van der Waals surface area (Å²) in [6.45, 7) is 4.31. The van der Waals surface area contributed by atoms with E-state index in [-0.39, 0.29) is 6.04 Å². The van der Waals surface area contributed by atoms with Crippen LogP contribution in [0.1, 0.15) is 31.7 Å². The smallest absolute Gasteiger partial charge is 0.0103 e. The van der Waals surface area contributed by atoms with Crippen molar-refractivity contribution in [3.8, 4) is 0 Å². The molecule has 0 amide bonds. The van der Waals surface area contributed by atoms with Gasteiger partial charge in [0.15, 0.2) is 0 Å². The molecular formula is C11H17N. The van der Waals surface area contributed by atoms with Gasteiger partial charge in [0.2, 0.25) is 0 Å². The Labute approximate surface area is 74.6 Å². The lowest BCUT2D eigenvalue weighted by atomic mass is 9.92. The monoisotopic (exact) mass is 163 g/mol. The summed E-state index contributed by atoms with van der Waals surface area (Å²) in [5.74, 6) is 0.469. The highest BCUT2D eigenvalue weighted by atomic mass is 14.6. The zero-order valence-corrected chi connectivity index (χ0v) is 7.83. The summed E-state index contributed by atoms with van der Waals surface area (Å²) in [6, 6.07) is 10.7. The molecule has 12 heavy (non-hydrogen) atoms. The van der Waals surface area contributed by atoms with Gasteiger partial charge in [0.05, 0.1) is 0 Å². The van der Waals surface area contributed by atoms with E-state index in [0.29, 0.717) is 5.92 Å². The average Bonchev–Trinajstić information content (AvgIpc) is 2.17. The summed E-state index contributed by atoms with van der Waals surface area (Å²) in [4.78, 5) is 0. The maximum atomic E-state index is 5.95. The molecule has 1 nitrogen and oxygen atoms in total. The van der Waals surface area contributed by atoms with Crippen molar-refractivity contribution in [1.82, 2.24) is 0 Å². The molecule has 0 saturated carbocycles. The third-order valence-electron chi connectivity index (χ3n) is 2.44. The van der Waals surface area contributed by atoms with Gasteiger partial charge in [0, 0.05) is 6.04 Å². The van der Waals surface area contributed by atoms with Gasteiger partial charge in [-0.05, 0) is 17.9 Å². The van der Waals surface area contributed by atoms with E-state index >= 15 is 0 Å². The molecule has 0 bridgehead atoms. The van der Waals surface area contributed by atoms with Crippen molar-refractivity contribution in [3.05, 3.63) is 35.9 Å². The molecule has 0 aliphatic rings. The van der Waals surface area contributed by atoms with Crippen LogP contribution < -0.4 is 5.73 Å². The van der Waals surface area contributed by atoms with Gasteiger partial charge in [-0.3, -0.25) is 0 Å². The minimum absolute atomic E-state index is 0.285. The fourth-order valence-corrected chi connectivity index (χ4v) is 1.36. The summed E-state index contributed by atoms with van der Waals surface area (Å²) < 4.78 is 0. The van der Waals surface area contributed by atoms with E-state index < -0.39 is 0 Å². The van der Waals surface area contributed by atoms with E-state index in [9.17, 15) is 0 Å². The standard InChI is InChI=1S/C11H17N/c1-3-11(12)9(2)10-7-5-4-6-8-10/h4-9,11H,3,12H2,1-2H3/t9-,11+/m1/s1. The Kier molecular flexibility index (Phi) is 3.30. The summed E-state index contributed by atoms with van der Waals surface area (Å²) >= 11 is 0. The SMILES string of the molecule is CC[C@H](N)[C@H](C)c1ccccc1. The predicted molar refractivity (Wildman–Crippen MR) is 53.1 cm³/mol. The second-order valence-electron chi connectivity index (χ2n) is 3.27. The third kappa shape index (κ3) is 2.08. The zero-order valence-electron chi connectivity index (χ0n) is 7.83. The highest BCUT2D eigenvalue weighted by molar-refractivity contribution is 5.20. The quantitative estimate of drug-likeness (QED) is 0.728. The van der Waals surface area contributed by atoms with E-state index in [1.54, 1.807) is 0 Å². The van der Waals surface area contributed by atoms with Crippen LogP contribution >= 0.6 is 0 Å². The number of hydrogen-bond donors (Lipinski definition) is 1. The minimum atomic E-state index is 0.285. The van der Waals surface area contributed by atoms with Gasteiger partial charge in [-0.15, -0.1) is 0 Å². The summed E-state index contributed by atoms with van der Waals surface area (Å²) in [6.07, 6.45) is 1.04. The van der Waals surface area contributed by atoms with Gasteiger partial charge in [-0.1, -0.05) is 44.2 Å². The lowest BCUT2D eigenvalue weighted by molar-refractivity contribution is 0.551. The molecule has 0 radical (unpaired) electrons. The fraction of sp³-hybridized carbons (Fsp3) is 0.455. The Morgan fingerprint density at radius 1 is 1.25 bits per heavy atom. The molecule has 1 aromatic rings. The normalized spacial score (nSPS) is 15.6. The van der Waals surface area contributed by atoms with Gasteiger partial charge < -0.3 is 5.73 Å². The number of benzene rings is 1. The molecule has 0 aliphatic heterocycles. The van der Waals surface area contributed by atoms with Crippen molar-refractivity contribution in [1.29, 1.82) is 0 Å². The van der Waals surface area contributed by atoms with Crippen LogP contribution in [-0.4, -0.2) is 6.04 Å². The van der Waals surface area contributed by atoms with Crippen molar-refractivity contribution >= 4 is 0 Å². The van der Waals surface area contributed by atoms with Crippen LogP contribution in [0.15, 0.2) is 30.3 Å². The van der Waals surface area contributed by atoms with Gasteiger partial charge in [-0.2, -0.15) is 0 Å². The molecule has 0 heterocycles. The first-order valence-corrected chi connectivity index (χ1v) is 4.56. The first-order valence-electron chi connectivity index (χ1n) is 4.56. The summed E-state index contributed by atoms with van der Waals surface area (Å²) in [7, 11) is 0. The Morgan fingerprint density at radius 2 is 1.83 bits per heavy atom. The van der Waals surface area contributed by atoms with Crippen molar-refractivity contribution in [2.75, 3.05) is 0 Å². The Hall–Kier alpha value is -0.820. The molecule has 66 valence electrons. The molecule has 1 rings (SSSR count). The van der Waals surface area contributed by atoms with Gasteiger partial charge in [0.25, 0.3) is 0 Å². The number of hydrogen-bond acceptors (Lipinski definition) is 1. The molecule has 2 atom stereocenters. The second kappa shape index (κ2) is 4.27. The zero-order chi connectivity index (χ0) is 8.97. The maximum Gasteiger partial charge on any atom is 0.0103 e. The highest BCUT2D eigenvalue weighted by Crippen LogP contribution is 2.18. The van der Waals surface area contributed by atoms with E-state index in [1.807, 2.05) is 6.07 Å². The van der Waals surface area contributed by atoms with Crippen molar-refractivity contribution < 1.29 is 0 Å². The van der Waals surface area contributed by atoms with Crippen molar-refractivity contribution in [2.24, 2.45) is 5.73 Å². The average molecular weight is 163 g/mol. The van der Waals surface area contributed by atoms with Crippen LogP contribution in [0.5, 0.6) is 0 Å². The van der Waals surface area contributed by atoms with Gasteiger partial charge in [0.1, 0.15) is 0 Å². The first-order chi connectivity index (χ1) is 5.75. The number of rotatable bonds is 3. The maximum absolute atomic E-state index is 5.95. The van der Waals surface area contributed by atoms with Crippen LogP contribution in [0.25, 0.3) is 0 Å². The minimum Gasteiger partial charge on any atom is -0.327 e. The van der Waals surface area contributed by atoms with Crippen LogP contribution in [0.4, 0.5) is 0 Å². The Balaban J connectivity index is 2.71. The second-order valence-corrected chi connectivity index (χ2v) is 3.27. The molecule has 0 aromatic heterocycles. The lowest BCUT2D eigenvalue weighted by Crippen LogP contribution is -2.25. The molecule has 1 aromatic carbocycles. The topological polar surface area (TPSA) is 26.0 Å². The van der Waals surface area contributed by atoms with Crippen molar-refractivity contribution in [2.45, 2.75) is 32.2 Å². The Morgan fingerprint density at radius 3 is 2.33 bits per heavy atom. The van der Waals surface area contributed by atoms with Crippen LogP contribution in [0, 0.1) is 0 Å². The Bertz CT molecular complexity index is 218. The third-order valence-corrected chi connectivity index (χ3v) is 2.44. The molecule has 0 saturated heterocycles. The molecule has 0 aliphatic carbocycles. The molecule has 0 spiro atoms. The number of nitrogens with two attached hydrogens (primary N) is 1. The van der Waals surface area contributed by atoms with Gasteiger partial charge >= 0.3 is 0 Å². The van der Waals surface area contributed by atoms with E-state index in [1.165, 1.54) is 5.56 Å². The molecule has 0 unspecified atom stereocenters. The summed E-state index contributed by atoms with van der Waals surface area (Å²) in [5.41, 5.74) is 7.29. The fourth-order valence-electron chi connectivity index (χ4n) is 1.36. The van der Waals surface area contributed by atoms with E-state index in [4.69, 9.17) is 5.73 Å². The summed E-state index contributed by atoms with van der Waals surface area (Å²) in [5, 5.41) is 0. The lowest BCUT2D eigenvalue weighted by Gasteiger charge is -2.18. The molecule has 1 heteroatoms. The van der Waals surface area contributed by atoms with E-state index in [0.717, 1.165) is 6.42 Å². The molecule has 0 fully saturated rings. The largest absolute Gasteiger partial charge is 0.327 e. The highest BCUT2D eigenvalue weighted by Gasteiger charge is 2.11. The predicted octanol–water partition coefficient (Wildman–Crippen LogP) is 2.53. The van der Waals surface area contributed by atoms with Crippen molar-refractivity contribution in [3.63, 3.8) is 0 Å². The van der Waals surface area contributed by atoms with E-state index in [2.05, 4.69) is 38.1 Å². The van der Waals surface area contributed by atoms with Crippen LogP contribution in [0.3, 0.4) is 0 Å². The molecule has 2 N–H and O–H groups in total. The van der Waals surface area contributed by atoms with Crippen LogP contribution in [-0.2, 0) is 0 Å². The molecular weight excluding hydrogens is 146 g/mol.